The molecule has 0 aromatic heterocycles. The van der Waals surface area contributed by atoms with Gasteiger partial charge >= 0.3 is 12.8 Å². The largest absolute Gasteiger partial charge is 0.435 e. The summed E-state index contributed by atoms with van der Waals surface area (Å²) < 4.78 is 65.1. The summed E-state index contributed by atoms with van der Waals surface area (Å²) in [5.41, 5.74) is -0.144. The molecule has 0 aliphatic carbocycles. The van der Waals surface area contributed by atoms with Crippen molar-refractivity contribution in [3.05, 3.63) is 29.8 Å². The summed E-state index contributed by atoms with van der Waals surface area (Å²) in [6, 6.07) is 4.66. The van der Waals surface area contributed by atoms with E-state index in [0.29, 0.717) is 4.90 Å². The molecule has 0 saturated carbocycles. The van der Waals surface area contributed by atoms with Crippen molar-refractivity contribution in [1.29, 1.82) is 0 Å². The Kier molecular flexibility index (Phi) is 5.29. The Hall–Kier alpha value is -1.86. The number of alkyl halides is 5. The number of hydrogen-bond donors (Lipinski definition) is 0. The maximum Gasteiger partial charge on any atom is 0.406 e. The van der Waals surface area contributed by atoms with Crippen LogP contribution < -0.4 is 4.74 Å². The molecule has 3 nitrogen and oxygen atoms in total. The zero-order chi connectivity index (χ0) is 15.3. The molecule has 0 aliphatic heterocycles. The normalized spacial score (nSPS) is 11.6. The molecule has 0 aliphatic rings. The Labute approximate surface area is 111 Å². The predicted octanol–water partition coefficient (Wildman–Crippen LogP) is 3.31. The maximum absolute atomic E-state index is 12.3. The summed E-state index contributed by atoms with van der Waals surface area (Å²) >= 11 is 0. The second kappa shape index (κ2) is 6.53. The van der Waals surface area contributed by atoms with Gasteiger partial charge in [-0.3, -0.25) is 4.79 Å². The Morgan fingerprint density at radius 3 is 2.50 bits per heavy atom. The summed E-state index contributed by atoms with van der Waals surface area (Å²) in [7, 11) is 0. The number of carbonyl (C=O) groups is 1. The maximum atomic E-state index is 12.3. The number of carbonyl (C=O) groups excluding carboxylic acids is 1. The number of halogens is 5. The van der Waals surface area contributed by atoms with Crippen LogP contribution in [0.1, 0.15) is 17.3 Å². The lowest BCUT2D eigenvalue weighted by Crippen LogP contribution is -2.38. The van der Waals surface area contributed by atoms with E-state index >= 15 is 0 Å². The standard InChI is InChI=1S/C12H12F5NO2/c1-2-18(7-12(15,16)17)10(19)8-4-3-5-9(6-8)20-11(13)14/h3-6,11H,2,7H2,1H3. The molecule has 0 radical (unpaired) electrons. The van der Waals surface area contributed by atoms with E-state index in [1.165, 1.54) is 25.1 Å². The van der Waals surface area contributed by atoms with E-state index in [2.05, 4.69) is 4.74 Å². The monoisotopic (exact) mass is 297 g/mol. The molecule has 1 rings (SSSR count). The zero-order valence-corrected chi connectivity index (χ0v) is 10.5. The number of amides is 1. The Morgan fingerprint density at radius 2 is 2.00 bits per heavy atom. The molecule has 0 spiro atoms. The van der Waals surface area contributed by atoms with E-state index < -0.39 is 25.2 Å². The van der Waals surface area contributed by atoms with Gasteiger partial charge in [-0.2, -0.15) is 22.0 Å². The lowest BCUT2D eigenvalue weighted by atomic mass is 10.2. The minimum Gasteiger partial charge on any atom is -0.435 e. The molecule has 0 heterocycles. The third kappa shape index (κ3) is 5.02. The van der Waals surface area contributed by atoms with E-state index in [0.717, 1.165) is 6.07 Å². The van der Waals surface area contributed by atoms with Gasteiger partial charge in [-0.25, -0.2) is 0 Å². The molecule has 0 bridgehead atoms. The molecule has 0 N–H and O–H groups in total. The molecular formula is C12H12F5NO2. The molecule has 0 unspecified atom stereocenters. The quantitative estimate of drug-likeness (QED) is 0.780. The Bertz CT molecular complexity index is 461. The lowest BCUT2D eigenvalue weighted by molar-refractivity contribution is -0.140. The topological polar surface area (TPSA) is 29.5 Å². The van der Waals surface area contributed by atoms with Crippen LogP contribution in [0.5, 0.6) is 5.75 Å². The van der Waals surface area contributed by atoms with E-state index in [1.54, 1.807) is 0 Å². The molecule has 112 valence electrons. The van der Waals surface area contributed by atoms with Crippen molar-refractivity contribution in [1.82, 2.24) is 4.90 Å². The average molecular weight is 297 g/mol. The van der Waals surface area contributed by atoms with Gasteiger partial charge < -0.3 is 9.64 Å². The van der Waals surface area contributed by atoms with Gasteiger partial charge in [0.05, 0.1) is 0 Å². The first-order valence-corrected chi connectivity index (χ1v) is 5.64. The van der Waals surface area contributed by atoms with Crippen LogP contribution in [0.3, 0.4) is 0 Å². The van der Waals surface area contributed by atoms with Crippen LogP contribution in [-0.4, -0.2) is 36.7 Å². The molecule has 8 heteroatoms. The van der Waals surface area contributed by atoms with Crippen molar-refractivity contribution in [3.8, 4) is 5.75 Å². The Balaban J connectivity index is 2.89. The van der Waals surface area contributed by atoms with Gasteiger partial charge in [-0.15, -0.1) is 0 Å². The van der Waals surface area contributed by atoms with Crippen molar-refractivity contribution >= 4 is 5.91 Å². The lowest BCUT2D eigenvalue weighted by Gasteiger charge is -2.22. The molecule has 1 aromatic carbocycles. The molecule has 0 atom stereocenters. The van der Waals surface area contributed by atoms with Gasteiger partial charge in [0.1, 0.15) is 12.3 Å². The second-order valence-corrected chi connectivity index (χ2v) is 3.84. The van der Waals surface area contributed by atoms with Crippen molar-refractivity contribution in [2.75, 3.05) is 13.1 Å². The van der Waals surface area contributed by atoms with Gasteiger partial charge in [0.2, 0.25) is 0 Å². The highest BCUT2D eigenvalue weighted by molar-refractivity contribution is 5.94. The van der Waals surface area contributed by atoms with Crippen LogP contribution in [0.15, 0.2) is 24.3 Å². The third-order valence-electron chi connectivity index (χ3n) is 2.35. The average Bonchev–Trinajstić information content (AvgIpc) is 2.33. The molecule has 1 aromatic rings. The first-order valence-electron chi connectivity index (χ1n) is 5.64. The highest BCUT2D eigenvalue weighted by Gasteiger charge is 2.32. The van der Waals surface area contributed by atoms with Crippen molar-refractivity contribution in [2.45, 2.75) is 19.7 Å². The highest BCUT2D eigenvalue weighted by Crippen LogP contribution is 2.20. The van der Waals surface area contributed by atoms with E-state index in [9.17, 15) is 26.7 Å². The summed E-state index contributed by atoms with van der Waals surface area (Å²) in [6.45, 7) is -3.23. The summed E-state index contributed by atoms with van der Waals surface area (Å²) in [5, 5.41) is 0. The van der Waals surface area contributed by atoms with Crippen LogP contribution in [0.4, 0.5) is 22.0 Å². The fourth-order valence-electron chi connectivity index (χ4n) is 1.53. The third-order valence-corrected chi connectivity index (χ3v) is 2.35. The smallest absolute Gasteiger partial charge is 0.406 e. The van der Waals surface area contributed by atoms with Gasteiger partial charge in [0.25, 0.3) is 5.91 Å². The van der Waals surface area contributed by atoms with Crippen LogP contribution in [0, 0.1) is 0 Å². The molecule has 20 heavy (non-hydrogen) atoms. The fraction of sp³-hybridized carbons (Fsp3) is 0.417. The first-order chi connectivity index (χ1) is 9.23. The number of hydrogen-bond acceptors (Lipinski definition) is 2. The zero-order valence-electron chi connectivity index (χ0n) is 10.5. The number of rotatable bonds is 5. The molecule has 1 amide bonds. The van der Waals surface area contributed by atoms with Crippen molar-refractivity contribution < 1.29 is 31.5 Å². The fourth-order valence-corrected chi connectivity index (χ4v) is 1.53. The van der Waals surface area contributed by atoms with E-state index in [1.807, 2.05) is 0 Å². The predicted molar refractivity (Wildman–Crippen MR) is 60.7 cm³/mol. The SMILES string of the molecule is CCN(CC(F)(F)F)C(=O)c1cccc(OC(F)F)c1. The summed E-state index contributed by atoms with van der Waals surface area (Å²) in [4.78, 5) is 12.4. The minimum absolute atomic E-state index is 0.144. The van der Waals surface area contributed by atoms with Crippen molar-refractivity contribution in [2.24, 2.45) is 0 Å². The van der Waals surface area contributed by atoms with Gasteiger partial charge in [0, 0.05) is 12.1 Å². The van der Waals surface area contributed by atoms with Gasteiger partial charge in [0.15, 0.2) is 0 Å². The first kappa shape index (κ1) is 16.2. The number of benzene rings is 1. The molecule has 0 fully saturated rings. The number of nitrogens with zero attached hydrogens (tertiary/aromatic N) is 1. The number of ether oxygens (including phenoxy) is 1. The molecule has 0 saturated heterocycles. The highest BCUT2D eigenvalue weighted by atomic mass is 19.4. The minimum atomic E-state index is -4.53. The van der Waals surface area contributed by atoms with Crippen LogP contribution in [0.2, 0.25) is 0 Å². The van der Waals surface area contributed by atoms with E-state index in [-0.39, 0.29) is 17.9 Å². The molecular weight excluding hydrogens is 285 g/mol. The van der Waals surface area contributed by atoms with E-state index in [4.69, 9.17) is 0 Å². The van der Waals surface area contributed by atoms with Crippen LogP contribution >= 0.6 is 0 Å². The van der Waals surface area contributed by atoms with Crippen molar-refractivity contribution in [3.63, 3.8) is 0 Å². The Morgan fingerprint density at radius 1 is 1.35 bits per heavy atom. The van der Waals surface area contributed by atoms with Gasteiger partial charge in [-0.1, -0.05) is 6.07 Å². The second-order valence-electron chi connectivity index (χ2n) is 3.84. The van der Waals surface area contributed by atoms with Crippen LogP contribution in [-0.2, 0) is 0 Å². The summed E-state index contributed by atoms with van der Waals surface area (Å²) in [6.07, 6.45) is -4.53. The van der Waals surface area contributed by atoms with Gasteiger partial charge in [-0.05, 0) is 25.1 Å². The summed E-state index contributed by atoms with van der Waals surface area (Å²) in [5.74, 6) is -1.18. The van der Waals surface area contributed by atoms with Crippen LogP contribution in [0.25, 0.3) is 0 Å².